The Morgan fingerprint density at radius 3 is 3.06 bits per heavy atom. The smallest absolute Gasteiger partial charge is 0.220 e. The van der Waals surface area contributed by atoms with Crippen LogP contribution in [0.5, 0.6) is 0 Å². The van der Waals surface area contributed by atoms with E-state index in [2.05, 4.69) is 15.7 Å². The van der Waals surface area contributed by atoms with E-state index in [-0.39, 0.29) is 5.91 Å². The number of hydrogen-bond acceptors (Lipinski definition) is 5. The normalized spacial score (nSPS) is 12.4. The van der Waals surface area contributed by atoms with Crippen LogP contribution < -0.4 is 5.32 Å². The number of carbonyl (C=O) groups is 1. The largest absolute Gasteiger partial charge is 0.392 e. The molecule has 6 heteroatoms. The van der Waals surface area contributed by atoms with E-state index in [0.717, 1.165) is 22.2 Å². The van der Waals surface area contributed by atoms with Gasteiger partial charge in [-0.25, -0.2) is 4.98 Å². The standard InChI is InChI=1S/C11H18N2O2S2/c1-8(14)5-12-11(15)3-4-16-6-10-7-17-9(2)13-10/h7-8,14H,3-6H2,1-2H3,(H,12,15). The molecule has 1 rings (SSSR count). The topological polar surface area (TPSA) is 62.2 Å². The molecule has 1 atom stereocenters. The lowest BCUT2D eigenvalue weighted by Crippen LogP contribution is -2.30. The Morgan fingerprint density at radius 2 is 2.47 bits per heavy atom. The number of rotatable bonds is 7. The van der Waals surface area contributed by atoms with Crippen molar-refractivity contribution in [3.8, 4) is 0 Å². The molecule has 0 aliphatic rings. The zero-order valence-corrected chi connectivity index (χ0v) is 11.7. The summed E-state index contributed by atoms with van der Waals surface area (Å²) in [6, 6.07) is 0. The summed E-state index contributed by atoms with van der Waals surface area (Å²) < 4.78 is 0. The molecule has 2 N–H and O–H groups in total. The van der Waals surface area contributed by atoms with Crippen LogP contribution in [0.15, 0.2) is 5.38 Å². The minimum atomic E-state index is -0.482. The summed E-state index contributed by atoms with van der Waals surface area (Å²) >= 11 is 3.35. The molecule has 1 aromatic heterocycles. The van der Waals surface area contributed by atoms with E-state index in [1.165, 1.54) is 0 Å². The van der Waals surface area contributed by atoms with Crippen molar-refractivity contribution in [3.63, 3.8) is 0 Å². The van der Waals surface area contributed by atoms with Gasteiger partial charge in [0.25, 0.3) is 0 Å². The summed E-state index contributed by atoms with van der Waals surface area (Å²) in [5, 5.41) is 14.8. The minimum Gasteiger partial charge on any atom is -0.392 e. The van der Waals surface area contributed by atoms with Crippen LogP contribution >= 0.6 is 23.1 Å². The van der Waals surface area contributed by atoms with Gasteiger partial charge in [0.05, 0.1) is 16.8 Å². The van der Waals surface area contributed by atoms with Gasteiger partial charge in [-0.05, 0) is 13.8 Å². The van der Waals surface area contributed by atoms with E-state index in [1.54, 1.807) is 30.0 Å². The molecule has 0 saturated heterocycles. The molecular formula is C11H18N2O2S2. The zero-order valence-electron chi connectivity index (χ0n) is 10.1. The van der Waals surface area contributed by atoms with Crippen molar-refractivity contribution in [2.45, 2.75) is 32.1 Å². The predicted molar refractivity (Wildman–Crippen MR) is 72.3 cm³/mol. The molecular weight excluding hydrogens is 256 g/mol. The van der Waals surface area contributed by atoms with Crippen molar-refractivity contribution in [1.29, 1.82) is 0 Å². The fourth-order valence-electron chi connectivity index (χ4n) is 1.17. The Kier molecular flexibility index (Phi) is 6.54. The second-order valence-corrected chi connectivity index (χ2v) is 5.98. The molecule has 0 aromatic carbocycles. The number of thiazole rings is 1. The molecule has 96 valence electrons. The van der Waals surface area contributed by atoms with Crippen molar-refractivity contribution in [3.05, 3.63) is 16.1 Å². The van der Waals surface area contributed by atoms with Crippen molar-refractivity contribution < 1.29 is 9.90 Å². The second-order valence-electron chi connectivity index (χ2n) is 3.81. The summed E-state index contributed by atoms with van der Waals surface area (Å²) in [7, 11) is 0. The molecule has 0 fully saturated rings. The molecule has 0 bridgehead atoms. The molecule has 0 saturated carbocycles. The number of aromatic nitrogens is 1. The van der Waals surface area contributed by atoms with Crippen LogP contribution in [-0.4, -0.2) is 34.4 Å². The van der Waals surface area contributed by atoms with Gasteiger partial charge in [0.15, 0.2) is 0 Å². The summed E-state index contributed by atoms with van der Waals surface area (Å²) in [6.07, 6.45) is 0.00475. The van der Waals surface area contributed by atoms with E-state index in [9.17, 15) is 4.79 Å². The predicted octanol–water partition coefficient (Wildman–Crippen LogP) is 1.57. The molecule has 0 spiro atoms. The molecule has 0 radical (unpaired) electrons. The first-order valence-electron chi connectivity index (χ1n) is 5.51. The molecule has 1 aromatic rings. The van der Waals surface area contributed by atoms with E-state index in [0.29, 0.717) is 13.0 Å². The van der Waals surface area contributed by atoms with Crippen LogP contribution in [0.2, 0.25) is 0 Å². The average Bonchev–Trinajstić information content (AvgIpc) is 2.68. The maximum Gasteiger partial charge on any atom is 0.220 e. The SMILES string of the molecule is Cc1nc(CSCCC(=O)NCC(C)O)cs1. The molecule has 1 heterocycles. The fourth-order valence-corrected chi connectivity index (χ4v) is 2.72. The highest BCUT2D eigenvalue weighted by atomic mass is 32.2. The third-order valence-electron chi connectivity index (χ3n) is 1.98. The minimum absolute atomic E-state index is 0.00661. The van der Waals surface area contributed by atoms with Gasteiger partial charge in [0.1, 0.15) is 0 Å². The number of thioether (sulfide) groups is 1. The van der Waals surface area contributed by atoms with Gasteiger partial charge < -0.3 is 10.4 Å². The van der Waals surface area contributed by atoms with Crippen LogP contribution in [0.3, 0.4) is 0 Å². The van der Waals surface area contributed by atoms with Crippen LogP contribution in [-0.2, 0) is 10.5 Å². The van der Waals surface area contributed by atoms with Gasteiger partial charge in [0.2, 0.25) is 5.91 Å². The average molecular weight is 274 g/mol. The van der Waals surface area contributed by atoms with E-state index in [4.69, 9.17) is 5.11 Å². The maximum atomic E-state index is 11.3. The highest BCUT2D eigenvalue weighted by Crippen LogP contribution is 2.15. The van der Waals surface area contributed by atoms with Crippen LogP contribution in [0.25, 0.3) is 0 Å². The lowest BCUT2D eigenvalue weighted by molar-refractivity contribution is -0.121. The molecule has 1 amide bonds. The molecule has 17 heavy (non-hydrogen) atoms. The third kappa shape index (κ3) is 6.65. The van der Waals surface area contributed by atoms with Crippen molar-refractivity contribution in [2.75, 3.05) is 12.3 Å². The summed E-state index contributed by atoms with van der Waals surface area (Å²) in [5.41, 5.74) is 1.09. The Morgan fingerprint density at radius 1 is 1.71 bits per heavy atom. The molecule has 1 unspecified atom stereocenters. The number of aliphatic hydroxyl groups is 1. The van der Waals surface area contributed by atoms with Crippen LogP contribution in [0.4, 0.5) is 0 Å². The number of amides is 1. The van der Waals surface area contributed by atoms with Gasteiger partial charge >= 0.3 is 0 Å². The number of aryl methyl sites for hydroxylation is 1. The van der Waals surface area contributed by atoms with Crippen molar-refractivity contribution in [1.82, 2.24) is 10.3 Å². The van der Waals surface area contributed by atoms with Crippen LogP contribution in [0.1, 0.15) is 24.0 Å². The van der Waals surface area contributed by atoms with Crippen molar-refractivity contribution >= 4 is 29.0 Å². The quantitative estimate of drug-likeness (QED) is 0.741. The van der Waals surface area contributed by atoms with Gasteiger partial charge in [-0.15, -0.1) is 11.3 Å². The van der Waals surface area contributed by atoms with E-state index < -0.39 is 6.10 Å². The zero-order chi connectivity index (χ0) is 12.7. The summed E-state index contributed by atoms with van der Waals surface area (Å²) in [6.45, 7) is 3.97. The Labute approximate surface area is 110 Å². The number of nitrogens with zero attached hydrogens (tertiary/aromatic N) is 1. The Hall–Kier alpha value is -0.590. The monoisotopic (exact) mass is 274 g/mol. The molecule has 0 aliphatic carbocycles. The Balaban J connectivity index is 2.06. The first kappa shape index (κ1) is 14.5. The van der Waals surface area contributed by atoms with Gasteiger partial charge in [-0.3, -0.25) is 4.79 Å². The second kappa shape index (κ2) is 7.68. The maximum absolute atomic E-state index is 11.3. The van der Waals surface area contributed by atoms with Gasteiger partial charge in [0, 0.05) is 29.9 Å². The number of aliphatic hydroxyl groups excluding tert-OH is 1. The number of nitrogens with one attached hydrogen (secondary N) is 1. The van der Waals surface area contributed by atoms with Gasteiger partial charge in [-0.2, -0.15) is 11.8 Å². The lowest BCUT2D eigenvalue weighted by atomic mass is 10.4. The number of carbonyl (C=O) groups excluding carboxylic acids is 1. The summed E-state index contributed by atoms with van der Waals surface area (Å²) in [4.78, 5) is 15.7. The first-order chi connectivity index (χ1) is 8.08. The van der Waals surface area contributed by atoms with E-state index >= 15 is 0 Å². The Bertz CT molecular complexity index is 353. The molecule has 4 nitrogen and oxygen atoms in total. The van der Waals surface area contributed by atoms with E-state index in [1.807, 2.05) is 6.92 Å². The third-order valence-corrected chi connectivity index (χ3v) is 3.80. The van der Waals surface area contributed by atoms with Crippen LogP contribution in [0, 0.1) is 6.92 Å². The van der Waals surface area contributed by atoms with Gasteiger partial charge in [-0.1, -0.05) is 0 Å². The fraction of sp³-hybridized carbons (Fsp3) is 0.636. The van der Waals surface area contributed by atoms with Crippen molar-refractivity contribution in [2.24, 2.45) is 0 Å². The summed E-state index contributed by atoms with van der Waals surface area (Å²) in [5.74, 6) is 1.63. The first-order valence-corrected chi connectivity index (χ1v) is 7.55. The highest BCUT2D eigenvalue weighted by molar-refractivity contribution is 7.98. The lowest BCUT2D eigenvalue weighted by Gasteiger charge is -2.06. The highest BCUT2D eigenvalue weighted by Gasteiger charge is 2.03. The molecule has 0 aliphatic heterocycles. The number of hydrogen-bond donors (Lipinski definition) is 2.